The maximum absolute atomic E-state index is 11.9. The normalized spacial score (nSPS) is 13.5. The summed E-state index contributed by atoms with van der Waals surface area (Å²) < 4.78 is 5.80. The van der Waals surface area contributed by atoms with Gasteiger partial charge in [0.05, 0.1) is 12.2 Å². The summed E-state index contributed by atoms with van der Waals surface area (Å²) in [7, 11) is 0. The van der Waals surface area contributed by atoms with Crippen molar-refractivity contribution in [1.82, 2.24) is 10.6 Å². The van der Waals surface area contributed by atoms with Crippen molar-refractivity contribution >= 4 is 6.03 Å². The van der Waals surface area contributed by atoms with E-state index in [1.54, 1.807) is 6.92 Å². The number of carbonyl (C=O) groups is 1. The van der Waals surface area contributed by atoms with Crippen LogP contribution in [-0.4, -0.2) is 29.9 Å². The van der Waals surface area contributed by atoms with Gasteiger partial charge in [-0.15, -0.1) is 0 Å². The number of amides is 2. The van der Waals surface area contributed by atoms with Gasteiger partial charge in [0, 0.05) is 18.7 Å². The Morgan fingerprint density at radius 3 is 2.52 bits per heavy atom. The molecule has 0 aliphatic carbocycles. The van der Waals surface area contributed by atoms with E-state index in [9.17, 15) is 9.90 Å². The first-order valence-electron chi connectivity index (χ1n) is 8.23. The number of hydrogen-bond donors (Lipinski definition) is 3. The zero-order chi connectivity index (χ0) is 17.4. The zero-order valence-electron chi connectivity index (χ0n) is 14.8. The van der Waals surface area contributed by atoms with Crippen molar-refractivity contribution in [2.75, 3.05) is 6.54 Å². The van der Waals surface area contributed by atoms with Gasteiger partial charge in [0.1, 0.15) is 5.75 Å². The van der Waals surface area contributed by atoms with E-state index in [1.165, 1.54) is 0 Å². The van der Waals surface area contributed by atoms with Gasteiger partial charge in [0.15, 0.2) is 0 Å². The Morgan fingerprint density at radius 2 is 1.91 bits per heavy atom. The zero-order valence-corrected chi connectivity index (χ0v) is 14.8. The summed E-state index contributed by atoms with van der Waals surface area (Å²) in [5.74, 6) is 1.04. The molecule has 2 amide bonds. The quantitative estimate of drug-likeness (QED) is 0.689. The van der Waals surface area contributed by atoms with E-state index in [2.05, 4.69) is 10.6 Å². The molecule has 1 rings (SSSR count). The number of aliphatic hydroxyl groups excluding tert-OH is 1. The third kappa shape index (κ3) is 7.88. The fraction of sp³-hybridized carbons (Fsp3) is 0.611. The predicted molar refractivity (Wildman–Crippen MR) is 92.6 cm³/mol. The first-order valence-corrected chi connectivity index (χ1v) is 8.23. The molecule has 5 nitrogen and oxygen atoms in total. The monoisotopic (exact) mass is 322 g/mol. The molecule has 1 aromatic rings. The molecule has 23 heavy (non-hydrogen) atoms. The van der Waals surface area contributed by atoms with Crippen LogP contribution in [0.5, 0.6) is 5.75 Å². The van der Waals surface area contributed by atoms with Crippen molar-refractivity contribution in [1.29, 1.82) is 0 Å². The molecule has 1 aromatic carbocycles. The van der Waals surface area contributed by atoms with Crippen molar-refractivity contribution in [3.63, 3.8) is 0 Å². The molecular formula is C18H30N2O3. The molecule has 0 radical (unpaired) electrons. The summed E-state index contributed by atoms with van der Waals surface area (Å²) in [5, 5.41) is 15.0. The molecule has 0 saturated heterocycles. The van der Waals surface area contributed by atoms with E-state index < -0.39 is 0 Å². The Labute approximate surface area is 139 Å². The number of nitrogens with one attached hydrogen (secondary N) is 2. The van der Waals surface area contributed by atoms with Gasteiger partial charge < -0.3 is 20.5 Å². The summed E-state index contributed by atoms with van der Waals surface area (Å²) in [5.41, 5.74) is 2.08. The first kappa shape index (κ1) is 19.3. The molecule has 0 bridgehead atoms. The number of urea groups is 1. The number of ether oxygens (including phenoxy) is 1. The molecule has 0 spiro atoms. The van der Waals surface area contributed by atoms with Crippen LogP contribution in [0.25, 0.3) is 0 Å². The summed E-state index contributed by atoms with van der Waals surface area (Å²) >= 11 is 0. The van der Waals surface area contributed by atoms with Gasteiger partial charge in [-0.25, -0.2) is 4.79 Å². The minimum atomic E-state index is -0.349. The lowest BCUT2D eigenvalue weighted by Crippen LogP contribution is -2.38. The van der Waals surface area contributed by atoms with Crippen LogP contribution in [0.1, 0.15) is 45.2 Å². The molecule has 3 N–H and O–H groups in total. The lowest BCUT2D eigenvalue weighted by atomic mass is 10.1. The van der Waals surface area contributed by atoms with Crippen molar-refractivity contribution < 1.29 is 14.6 Å². The SMILES string of the molecule is Cc1ccc(CNC(=O)NCC(C)CC(C)O)c(OC(C)C)c1. The molecular weight excluding hydrogens is 292 g/mol. The molecule has 0 saturated carbocycles. The molecule has 2 atom stereocenters. The van der Waals surface area contributed by atoms with Gasteiger partial charge in [-0.05, 0) is 51.7 Å². The van der Waals surface area contributed by atoms with Gasteiger partial charge in [0.25, 0.3) is 0 Å². The summed E-state index contributed by atoms with van der Waals surface area (Å²) in [6.45, 7) is 10.7. The Morgan fingerprint density at radius 1 is 1.22 bits per heavy atom. The molecule has 0 aliphatic rings. The average molecular weight is 322 g/mol. The van der Waals surface area contributed by atoms with Crippen LogP contribution in [0.3, 0.4) is 0 Å². The van der Waals surface area contributed by atoms with Crippen LogP contribution in [0.4, 0.5) is 4.79 Å². The van der Waals surface area contributed by atoms with Gasteiger partial charge in [-0.2, -0.15) is 0 Å². The molecule has 0 aromatic heterocycles. The predicted octanol–water partition coefficient (Wildman–Crippen LogP) is 2.99. The highest BCUT2D eigenvalue weighted by atomic mass is 16.5. The number of rotatable bonds is 8. The van der Waals surface area contributed by atoms with E-state index in [1.807, 2.05) is 45.9 Å². The fourth-order valence-corrected chi connectivity index (χ4v) is 2.34. The minimum absolute atomic E-state index is 0.0886. The third-order valence-corrected chi connectivity index (χ3v) is 3.38. The number of aryl methyl sites for hydroxylation is 1. The van der Waals surface area contributed by atoms with Crippen molar-refractivity contribution in [3.05, 3.63) is 29.3 Å². The van der Waals surface area contributed by atoms with Gasteiger partial charge in [-0.1, -0.05) is 19.1 Å². The van der Waals surface area contributed by atoms with Crippen LogP contribution >= 0.6 is 0 Å². The molecule has 0 heterocycles. The standard InChI is InChI=1S/C18H30N2O3/c1-12(2)23-17-9-13(3)6-7-16(17)11-20-18(22)19-10-14(4)8-15(5)21/h6-7,9,12,14-15,21H,8,10-11H2,1-5H3,(H2,19,20,22). The minimum Gasteiger partial charge on any atom is -0.491 e. The average Bonchev–Trinajstić information content (AvgIpc) is 2.43. The maximum Gasteiger partial charge on any atom is 0.315 e. The number of hydrogen-bond acceptors (Lipinski definition) is 3. The fourth-order valence-electron chi connectivity index (χ4n) is 2.34. The lowest BCUT2D eigenvalue weighted by Gasteiger charge is -2.17. The second kappa shape index (κ2) is 9.40. The maximum atomic E-state index is 11.9. The van der Waals surface area contributed by atoms with E-state index in [0.717, 1.165) is 16.9 Å². The first-order chi connectivity index (χ1) is 10.8. The highest BCUT2D eigenvalue weighted by Crippen LogP contribution is 2.21. The molecule has 2 unspecified atom stereocenters. The van der Waals surface area contributed by atoms with E-state index in [4.69, 9.17) is 4.74 Å². The van der Waals surface area contributed by atoms with Crippen LogP contribution in [0.15, 0.2) is 18.2 Å². The van der Waals surface area contributed by atoms with E-state index in [0.29, 0.717) is 19.5 Å². The molecule has 5 heteroatoms. The van der Waals surface area contributed by atoms with Crippen molar-refractivity contribution in [2.45, 2.75) is 59.8 Å². The Bertz CT molecular complexity index is 501. The number of aliphatic hydroxyl groups is 1. The molecule has 130 valence electrons. The summed E-state index contributed by atoms with van der Waals surface area (Å²) in [6, 6.07) is 5.76. The summed E-state index contributed by atoms with van der Waals surface area (Å²) in [6.07, 6.45) is 0.411. The Hall–Kier alpha value is -1.75. The van der Waals surface area contributed by atoms with Gasteiger partial charge in [-0.3, -0.25) is 0 Å². The van der Waals surface area contributed by atoms with E-state index in [-0.39, 0.29) is 24.2 Å². The van der Waals surface area contributed by atoms with Crippen LogP contribution in [-0.2, 0) is 6.54 Å². The summed E-state index contributed by atoms with van der Waals surface area (Å²) in [4.78, 5) is 11.9. The second-order valence-electron chi connectivity index (χ2n) is 6.53. The smallest absolute Gasteiger partial charge is 0.315 e. The topological polar surface area (TPSA) is 70.6 Å². The second-order valence-corrected chi connectivity index (χ2v) is 6.53. The highest BCUT2D eigenvalue weighted by molar-refractivity contribution is 5.73. The van der Waals surface area contributed by atoms with Crippen LogP contribution < -0.4 is 15.4 Å². The van der Waals surface area contributed by atoms with Gasteiger partial charge in [0.2, 0.25) is 0 Å². The van der Waals surface area contributed by atoms with Gasteiger partial charge >= 0.3 is 6.03 Å². The van der Waals surface area contributed by atoms with Crippen LogP contribution in [0.2, 0.25) is 0 Å². The number of carbonyl (C=O) groups excluding carboxylic acids is 1. The van der Waals surface area contributed by atoms with Crippen molar-refractivity contribution in [3.8, 4) is 5.75 Å². The van der Waals surface area contributed by atoms with Crippen LogP contribution in [0, 0.1) is 12.8 Å². The molecule has 0 aliphatic heterocycles. The Kier molecular flexibility index (Phi) is 7.89. The largest absolute Gasteiger partial charge is 0.491 e. The van der Waals surface area contributed by atoms with Crippen molar-refractivity contribution in [2.24, 2.45) is 5.92 Å². The molecule has 0 fully saturated rings. The lowest BCUT2D eigenvalue weighted by molar-refractivity contribution is 0.163. The van der Waals surface area contributed by atoms with E-state index >= 15 is 0 Å². The number of benzene rings is 1. The third-order valence-electron chi connectivity index (χ3n) is 3.38. The Balaban J connectivity index is 2.49. The highest BCUT2D eigenvalue weighted by Gasteiger charge is 2.10.